The maximum atomic E-state index is 6.10. The van der Waals surface area contributed by atoms with E-state index in [0.29, 0.717) is 38.4 Å². The van der Waals surface area contributed by atoms with Crippen molar-refractivity contribution in [2.75, 3.05) is 10.6 Å². The molecule has 0 atom stereocenters. The van der Waals surface area contributed by atoms with Crippen LogP contribution in [0, 0.1) is 0 Å². The predicted octanol–water partition coefficient (Wildman–Crippen LogP) is 5.10. The van der Waals surface area contributed by atoms with E-state index < -0.39 is 0 Å². The number of aromatic nitrogens is 3. The molecule has 128 valence electrons. The Morgan fingerprint density at radius 3 is 2.64 bits per heavy atom. The molecule has 1 aromatic heterocycles. The summed E-state index contributed by atoms with van der Waals surface area (Å²) in [6.07, 6.45) is 1.61. The summed E-state index contributed by atoms with van der Waals surface area (Å²) in [6, 6.07) is 12.6. The Morgan fingerprint density at radius 1 is 1.04 bits per heavy atom. The van der Waals surface area contributed by atoms with Crippen LogP contribution in [0.4, 0.5) is 11.6 Å². The first kappa shape index (κ1) is 17.9. The van der Waals surface area contributed by atoms with Crippen molar-refractivity contribution < 1.29 is 0 Å². The van der Waals surface area contributed by atoms with Gasteiger partial charge in [0, 0.05) is 10.0 Å². The van der Waals surface area contributed by atoms with Gasteiger partial charge in [-0.05, 0) is 48.1 Å². The summed E-state index contributed by atoms with van der Waals surface area (Å²) in [5.74, 6) is 0.373. The Hall–Kier alpha value is -1.86. The van der Waals surface area contributed by atoms with Crippen molar-refractivity contribution in [1.29, 1.82) is 0 Å². The SMILES string of the molecule is S=C(Nc1ncn(Cc2cccc(Cl)c2)n1)Nc1cc(Cl)ccc1Cl. The normalized spacial score (nSPS) is 10.5. The van der Waals surface area contributed by atoms with E-state index in [2.05, 4.69) is 20.7 Å². The van der Waals surface area contributed by atoms with Gasteiger partial charge in [0.15, 0.2) is 5.11 Å². The first-order valence-corrected chi connectivity index (χ1v) is 8.71. The van der Waals surface area contributed by atoms with E-state index in [0.717, 1.165) is 5.56 Å². The van der Waals surface area contributed by atoms with E-state index in [1.54, 1.807) is 29.2 Å². The van der Waals surface area contributed by atoms with Crippen molar-refractivity contribution in [3.05, 3.63) is 69.4 Å². The molecular formula is C16H12Cl3N5S. The highest BCUT2D eigenvalue weighted by Crippen LogP contribution is 2.25. The minimum atomic E-state index is 0.310. The van der Waals surface area contributed by atoms with Crippen molar-refractivity contribution in [2.45, 2.75) is 6.54 Å². The number of anilines is 2. The number of hydrogen-bond donors (Lipinski definition) is 2. The largest absolute Gasteiger partial charge is 0.331 e. The second-order valence-corrected chi connectivity index (χ2v) is 6.79. The lowest BCUT2D eigenvalue weighted by atomic mass is 10.2. The molecule has 0 unspecified atom stereocenters. The quantitative estimate of drug-likeness (QED) is 0.584. The lowest BCUT2D eigenvalue weighted by Gasteiger charge is -2.09. The van der Waals surface area contributed by atoms with Crippen LogP contribution in [0.15, 0.2) is 48.8 Å². The van der Waals surface area contributed by atoms with Crippen molar-refractivity contribution in [3.63, 3.8) is 0 Å². The van der Waals surface area contributed by atoms with Crippen molar-refractivity contribution in [3.8, 4) is 0 Å². The number of halogens is 3. The highest BCUT2D eigenvalue weighted by molar-refractivity contribution is 7.80. The summed E-state index contributed by atoms with van der Waals surface area (Å²) in [6.45, 7) is 0.551. The van der Waals surface area contributed by atoms with Crippen LogP contribution in [-0.2, 0) is 6.54 Å². The maximum Gasteiger partial charge on any atom is 0.248 e. The molecule has 3 aromatic rings. The summed E-state index contributed by atoms with van der Waals surface area (Å²) in [4.78, 5) is 4.18. The first-order valence-electron chi connectivity index (χ1n) is 7.16. The highest BCUT2D eigenvalue weighted by Gasteiger charge is 2.07. The second-order valence-electron chi connectivity index (χ2n) is 5.10. The second kappa shape index (κ2) is 8.01. The van der Waals surface area contributed by atoms with E-state index >= 15 is 0 Å². The molecule has 9 heteroatoms. The highest BCUT2D eigenvalue weighted by atomic mass is 35.5. The molecule has 2 aromatic carbocycles. The summed E-state index contributed by atoms with van der Waals surface area (Å²) in [5.41, 5.74) is 1.63. The van der Waals surface area contributed by atoms with Crippen LogP contribution >= 0.6 is 47.0 Å². The van der Waals surface area contributed by atoms with Gasteiger partial charge < -0.3 is 5.32 Å². The van der Waals surface area contributed by atoms with Crippen LogP contribution in [0.2, 0.25) is 15.1 Å². The van der Waals surface area contributed by atoms with Crippen molar-refractivity contribution >= 4 is 63.8 Å². The van der Waals surface area contributed by atoms with Crippen molar-refractivity contribution in [2.24, 2.45) is 0 Å². The number of hydrogen-bond acceptors (Lipinski definition) is 3. The van der Waals surface area contributed by atoms with Gasteiger partial charge in [-0.2, -0.15) is 0 Å². The average Bonchev–Trinajstić information content (AvgIpc) is 2.97. The third-order valence-electron chi connectivity index (χ3n) is 3.17. The molecule has 0 bridgehead atoms. The number of nitrogens with one attached hydrogen (secondary N) is 2. The molecule has 0 saturated carbocycles. The van der Waals surface area contributed by atoms with Crippen molar-refractivity contribution in [1.82, 2.24) is 14.8 Å². The summed E-state index contributed by atoms with van der Waals surface area (Å²) >= 11 is 23.3. The molecule has 0 radical (unpaired) electrons. The van der Waals surface area contributed by atoms with E-state index in [-0.39, 0.29) is 0 Å². The molecular weight excluding hydrogens is 401 g/mol. The molecule has 0 saturated heterocycles. The minimum Gasteiger partial charge on any atom is -0.331 e. The predicted molar refractivity (Wildman–Crippen MR) is 107 cm³/mol. The van der Waals surface area contributed by atoms with Gasteiger partial charge in [0.2, 0.25) is 5.95 Å². The van der Waals surface area contributed by atoms with E-state index in [4.69, 9.17) is 47.0 Å². The molecule has 5 nitrogen and oxygen atoms in total. The van der Waals surface area contributed by atoms with Crippen LogP contribution < -0.4 is 10.6 Å². The van der Waals surface area contributed by atoms with E-state index in [9.17, 15) is 0 Å². The molecule has 0 amide bonds. The number of rotatable bonds is 4. The number of thiocarbonyl (C=S) groups is 1. The zero-order valence-electron chi connectivity index (χ0n) is 12.7. The van der Waals surface area contributed by atoms with Gasteiger partial charge in [-0.1, -0.05) is 46.9 Å². The fraction of sp³-hybridized carbons (Fsp3) is 0.0625. The fourth-order valence-corrected chi connectivity index (χ4v) is 2.85. The van der Waals surface area contributed by atoms with Crippen LogP contribution in [0.3, 0.4) is 0 Å². The molecule has 2 N–H and O–H groups in total. The summed E-state index contributed by atoms with van der Waals surface area (Å²) < 4.78 is 1.68. The van der Waals surface area contributed by atoms with Gasteiger partial charge >= 0.3 is 0 Å². The zero-order valence-corrected chi connectivity index (χ0v) is 15.8. The Bertz CT molecular complexity index is 912. The van der Waals surface area contributed by atoms with Gasteiger partial charge in [0.1, 0.15) is 6.33 Å². The van der Waals surface area contributed by atoms with Crippen LogP contribution in [0.25, 0.3) is 0 Å². The third-order valence-corrected chi connectivity index (χ3v) is 4.18. The minimum absolute atomic E-state index is 0.310. The lowest BCUT2D eigenvalue weighted by Crippen LogP contribution is -2.20. The zero-order chi connectivity index (χ0) is 17.8. The Morgan fingerprint density at radius 2 is 1.84 bits per heavy atom. The average molecular weight is 413 g/mol. The van der Waals surface area contributed by atoms with E-state index in [1.165, 1.54) is 0 Å². The van der Waals surface area contributed by atoms with Gasteiger partial charge in [0.25, 0.3) is 0 Å². The summed E-state index contributed by atoms with van der Waals surface area (Å²) in [7, 11) is 0. The number of benzene rings is 2. The van der Waals surface area contributed by atoms with Crippen LogP contribution in [-0.4, -0.2) is 19.9 Å². The molecule has 3 rings (SSSR count). The molecule has 0 aliphatic carbocycles. The Labute approximate surface area is 164 Å². The summed E-state index contributed by atoms with van der Waals surface area (Å²) in [5, 5.41) is 12.2. The third kappa shape index (κ3) is 5.06. The molecule has 1 heterocycles. The Balaban J connectivity index is 1.62. The molecule has 0 fully saturated rings. The van der Waals surface area contributed by atoms with Gasteiger partial charge in [0.05, 0.1) is 17.3 Å². The maximum absolute atomic E-state index is 6.10. The first-order chi connectivity index (χ1) is 12.0. The monoisotopic (exact) mass is 411 g/mol. The Kier molecular flexibility index (Phi) is 5.75. The van der Waals surface area contributed by atoms with Gasteiger partial charge in [-0.3, -0.25) is 5.32 Å². The number of nitrogens with zero attached hydrogens (tertiary/aromatic N) is 3. The van der Waals surface area contributed by atoms with Crippen LogP contribution in [0.5, 0.6) is 0 Å². The van der Waals surface area contributed by atoms with Gasteiger partial charge in [-0.15, -0.1) is 5.10 Å². The topological polar surface area (TPSA) is 54.8 Å². The smallest absolute Gasteiger partial charge is 0.248 e. The van der Waals surface area contributed by atoms with Gasteiger partial charge in [-0.25, -0.2) is 9.67 Å². The molecule has 0 aliphatic rings. The lowest BCUT2D eigenvalue weighted by molar-refractivity contribution is 0.687. The molecule has 0 spiro atoms. The van der Waals surface area contributed by atoms with E-state index in [1.807, 2.05) is 24.3 Å². The fourth-order valence-electron chi connectivity index (χ4n) is 2.10. The molecule has 25 heavy (non-hydrogen) atoms. The molecule has 0 aliphatic heterocycles. The van der Waals surface area contributed by atoms with Crippen LogP contribution in [0.1, 0.15) is 5.56 Å². The standard InChI is InChI=1S/C16H12Cl3N5S/c17-11-3-1-2-10(6-11)8-24-9-20-15(23-24)22-16(25)21-14-7-12(18)4-5-13(14)19/h1-7,9H,8H2,(H2,21,22,23,25).